The molecule has 0 unspecified atom stereocenters. The second kappa shape index (κ2) is 5.49. The molecule has 2 aromatic rings. The average Bonchev–Trinajstić information content (AvgIpc) is 2.89. The van der Waals surface area contributed by atoms with Gasteiger partial charge in [0.05, 0.1) is 12.1 Å². The molecule has 2 atom stereocenters. The monoisotopic (exact) mass is 406 g/mol. The number of carbonyl (C=O) groups is 1. The summed E-state index contributed by atoms with van der Waals surface area (Å²) in [6, 6.07) is 8.87. The van der Waals surface area contributed by atoms with Crippen molar-refractivity contribution in [2.24, 2.45) is 0 Å². The van der Waals surface area contributed by atoms with E-state index in [1.54, 1.807) is 0 Å². The lowest BCUT2D eigenvalue weighted by atomic mass is 9.82. The SMILES string of the molecule is C/C=C(/I)CN1[C@H]2Cc3c([nH]c4ccccc34)[C@@H]1CCC2=O. The molecule has 114 valence electrons. The zero-order valence-electron chi connectivity index (χ0n) is 12.6. The Hall–Kier alpha value is -1.14. The van der Waals surface area contributed by atoms with Crippen molar-refractivity contribution in [1.29, 1.82) is 0 Å². The van der Waals surface area contributed by atoms with Crippen LogP contribution in [0.4, 0.5) is 0 Å². The summed E-state index contributed by atoms with van der Waals surface area (Å²) >= 11 is 2.39. The number of H-pyrrole nitrogens is 1. The highest BCUT2D eigenvalue weighted by Crippen LogP contribution is 2.43. The summed E-state index contributed by atoms with van der Waals surface area (Å²) in [6.45, 7) is 2.95. The quantitative estimate of drug-likeness (QED) is 0.762. The Labute approximate surface area is 143 Å². The molecule has 4 heteroatoms. The zero-order chi connectivity index (χ0) is 15.3. The van der Waals surface area contributed by atoms with E-state index in [2.05, 4.69) is 69.7 Å². The maximum Gasteiger partial charge on any atom is 0.150 e. The molecule has 2 bridgehead atoms. The summed E-state index contributed by atoms with van der Waals surface area (Å²) in [5.41, 5.74) is 3.91. The number of aromatic amines is 1. The zero-order valence-corrected chi connectivity index (χ0v) is 14.8. The van der Waals surface area contributed by atoms with Crippen molar-refractivity contribution < 1.29 is 4.79 Å². The van der Waals surface area contributed by atoms with Crippen molar-refractivity contribution >= 4 is 39.3 Å². The van der Waals surface area contributed by atoms with Crippen molar-refractivity contribution in [3.63, 3.8) is 0 Å². The van der Waals surface area contributed by atoms with Crippen molar-refractivity contribution in [3.05, 3.63) is 45.2 Å². The second-order valence-electron chi connectivity index (χ2n) is 6.21. The number of piperidine rings is 1. The molecule has 0 spiro atoms. The van der Waals surface area contributed by atoms with Gasteiger partial charge in [-0.3, -0.25) is 9.69 Å². The molecular weight excluding hydrogens is 387 g/mol. The van der Waals surface area contributed by atoms with Crippen LogP contribution in [0.15, 0.2) is 33.9 Å². The van der Waals surface area contributed by atoms with Gasteiger partial charge < -0.3 is 4.98 Å². The van der Waals surface area contributed by atoms with Crippen LogP contribution in [-0.2, 0) is 11.2 Å². The number of nitrogens with zero attached hydrogens (tertiary/aromatic N) is 1. The van der Waals surface area contributed by atoms with Gasteiger partial charge in [0.2, 0.25) is 0 Å². The van der Waals surface area contributed by atoms with E-state index in [1.807, 2.05) is 0 Å². The molecule has 2 aliphatic rings. The number of Topliss-reactive ketones (excluding diaryl/α,β-unsaturated/α-hetero) is 1. The van der Waals surface area contributed by atoms with Crippen molar-refractivity contribution in [3.8, 4) is 0 Å². The Bertz CT molecular complexity index is 776. The van der Waals surface area contributed by atoms with Crippen LogP contribution in [0, 0.1) is 0 Å². The number of allylic oxidation sites excluding steroid dienone is 1. The molecule has 0 radical (unpaired) electrons. The van der Waals surface area contributed by atoms with Gasteiger partial charge in [0.1, 0.15) is 5.78 Å². The third kappa shape index (κ3) is 2.15. The van der Waals surface area contributed by atoms with Gasteiger partial charge in [0.15, 0.2) is 0 Å². The van der Waals surface area contributed by atoms with Gasteiger partial charge in [-0.15, -0.1) is 0 Å². The number of fused-ring (bicyclic) bond motifs is 6. The molecular formula is C18H19IN2O. The molecule has 2 aliphatic heterocycles. The van der Waals surface area contributed by atoms with Crippen LogP contribution in [0.1, 0.15) is 37.1 Å². The van der Waals surface area contributed by atoms with Crippen LogP contribution in [0.25, 0.3) is 10.9 Å². The molecule has 0 amide bonds. The van der Waals surface area contributed by atoms with Crippen LogP contribution < -0.4 is 0 Å². The van der Waals surface area contributed by atoms with Crippen LogP contribution in [0.5, 0.6) is 0 Å². The number of hydrogen-bond acceptors (Lipinski definition) is 2. The molecule has 22 heavy (non-hydrogen) atoms. The fourth-order valence-corrected chi connectivity index (χ4v) is 4.35. The standard InChI is InChI=1S/C18H19IN2O/c1-2-11(19)10-21-15-7-8-17(22)16(21)9-13-12-5-3-4-6-14(12)20-18(13)15/h2-6,15-16,20H,7-10H2,1H3/b11-2+/t15-,16-/m0/s1. The molecule has 3 nitrogen and oxygen atoms in total. The number of carbonyl (C=O) groups excluding carboxylic acids is 1. The third-order valence-corrected chi connectivity index (χ3v) is 6.02. The largest absolute Gasteiger partial charge is 0.357 e. The van der Waals surface area contributed by atoms with Crippen LogP contribution in [0.2, 0.25) is 0 Å². The highest BCUT2D eigenvalue weighted by Gasteiger charge is 2.43. The molecule has 1 N–H and O–H groups in total. The number of rotatable bonds is 2. The first-order valence-electron chi connectivity index (χ1n) is 7.87. The Balaban J connectivity index is 1.84. The van der Waals surface area contributed by atoms with Crippen molar-refractivity contribution in [2.45, 2.75) is 38.3 Å². The number of hydrogen-bond donors (Lipinski definition) is 1. The summed E-state index contributed by atoms with van der Waals surface area (Å²) in [5, 5.41) is 1.29. The molecule has 0 saturated carbocycles. The number of ketones is 1. The lowest BCUT2D eigenvalue weighted by molar-refractivity contribution is -0.129. The van der Waals surface area contributed by atoms with Crippen LogP contribution in [-0.4, -0.2) is 28.3 Å². The molecule has 1 aromatic heterocycles. The number of nitrogens with one attached hydrogen (secondary N) is 1. The maximum atomic E-state index is 12.5. The van der Waals surface area contributed by atoms with Crippen molar-refractivity contribution in [1.82, 2.24) is 9.88 Å². The minimum Gasteiger partial charge on any atom is -0.357 e. The Morgan fingerprint density at radius 3 is 3.05 bits per heavy atom. The lowest BCUT2D eigenvalue weighted by Crippen LogP contribution is -2.52. The Morgan fingerprint density at radius 2 is 2.23 bits per heavy atom. The number of benzene rings is 1. The second-order valence-corrected chi connectivity index (χ2v) is 7.60. The fourth-order valence-electron chi connectivity index (χ4n) is 3.96. The average molecular weight is 406 g/mol. The van der Waals surface area contributed by atoms with E-state index >= 15 is 0 Å². The molecule has 1 saturated heterocycles. The van der Waals surface area contributed by atoms with E-state index < -0.39 is 0 Å². The minimum atomic E-state index is 0.0511. The van der Waals surface area contributed by atoms with Crippen molar-refractivity contribution in [2.75, 3.05) is 6.54 Å². The fraction of sp³-hybridized carbons (Fsp3) is 0.389. The highest BCUT2D eigenvalue weighted by atomic mass is 127. The molecule has 4 rings (SSSR count). The summed E-state index contributed by atoms with van der Waals surface area (Å²) in [6.07, 6.45) is 4.64. The third-order valence-electron chi connectivity index (χ3n) is 5.06. The lowest BCUT2D eigenvalue weighted by Gasteiger charge is -2.44. The van der Waals surface area contributed by atoms with Gasteiger partial charge in [-0.25, -0.2) is 0 Å². The minimum absolute atomic E-state index is 0.0511. The summed E-state index contributed by atoms with van der Waals surface area (Å²) in [4.78, 5) is 18.5. The van der Waals surface area contributed by atoms with Gasteiger partial charge in [0, 0.05) is 33.1 Å². The van der Waals surface area contributed by atoms with Gasteiger partial charge in [0.25, 0.3) is 0 Å². The first kappa shape index (κ1) is 14.5. The topological polar surface area (TPSA) is 36.1 Å². The molecule has 1 aromatic carbocycles. The van der Waals surface area contributed by atoms with E-state index in [0.29, 0.717) is 18.2 Å². The first-order valence-corrected chi connectivity index (χ1v) is 8.95. The van der Waals surface area contributed by atoms with Gasteiger partial charge in [-0.05, 0) is 54.0 Å². The van der Waals surface area contributed by atoms with Gasteiger partial charge in [-0.1, -0.05) is 24.3 Å². The summed E-state index contributed by atoms with van der Waals surface area (Å²) < 4.78 is 1.31. The number of para-hydroxylation sites is 1. The Kier molecular flexibility index (Phi) is 3.61. The predicted octanol–water partition coefficient (Wildman–Crippen LogP) is 4.14. The maximum absolute atomic E-state index is 12.5. The van der Waals surface area contributed by atoms with Gasteiger partial charge >= 0.3 is 0 Å². The first-order chi connectivity index (χ1) is 10.7. The summed E-state index contributed by atoms with van der Waals surface area (Å²) in [7, 11) is 0. The van der Waals surface area contributed by atoms with Gasteiger partial charge in [-0.2, -0.15) is 0 Å². The van der Waals surface area contributed by atoms with Crippen LogP contribution >= 0.6 is 22.6 Å². The molecule has 3 heterocycles. The predicted molar refractivity (Wildman–Crippen MR) is 97.3 cm³/mol. The normalized spacial score (nSPS) is 25.5. The molecule has 1 fully saturated rings. The van der Waals surface area contributed by atoms with E-state index in [0.717, 1.165) is 19.4 Å². The number of aromatic nitrogens is 1. The highest BCUT2D eigenvalue weighted by molar-refractivity contribution is 14.1. The molecule has 0 aliphatic carbocycles. The van der Waals surface area contributed by atoms with Crippen LogP contribution in [0.3, 0.4) is 0 Å². The van der Waals surface area contributed by atoms with E-state index in [9.17, 15) is 4.79 Å². The van der Waals surface area contributed by atoms with E-state index in [1.165, 1.54) is 25.7 Å². The number of halogens is 1. The Morgan fingerprint density at radius 1 is 1.41 bits per heavy atom. The van der Waals surface area contributed by atoms with E-state index in [4.69, 9.17) is 0 Å². The smallest absolute Gasteiger partial charge is 0.150 e. The van der Waals surface area contributed by atoms with E-state index in [-0.39, 0.29) is 6.04 Å². The summed E-state index contributed by atoms with van der Waals surface area (Å²) in [5.74, 6) is 0.410.